The van der Waals surface area contributed by atoms with Gasteiger partial charge >= 0.3 is 0 Å². The second-order valence-corrected chi connectivity index (χ2v) is 9.23. The molecule has 0 unspecified atom stereocenters. The van der Waals surface area contributed by atoms with Gasteiger partial charge in [0.25, 0.3) is 0 Å². The number of thioether (sulfide) groups is 1. The molecule has 1 amide bonds. The molecule has 0 fully saturated rings. The molecular formula is C24H26BrN3OS. The number of halogens is 1. The number of hydrogen-bond acceptors (Lipinski definition) is 3. The number of nitrogens with one attached hydrogen (secondary N) is 1. The Kier molecular flexibility index (Phi) is 7.56. The van der Waals surface area contributed by atoms with Crippen LogP contribution in [0, 0.1) is 27.7 Å². The van der Waals surface area contributed by atoms with Crippen molar-refractivity contribution in [1.29, 1.82) is 0 Å². The molecule has 3 rings (SSSR count). The van der Waals surface area contributed by atoms with E-state index in [2.05, 4.69) is 89.1 Å². The molecule has 1 N–H and O–H groups in total. The molecule has 1 aromatic heterocycles. The maximum Gasteiger partial charge on any atom is 0.250 e. The zero-order chi connectivity index (χ0) is 21.7. The van der Waals surface area contributed by atoms with Crippen LogP contribution in [0.2, 0.25) is 0 Å². The van der Waals surface area contributed by atoms with Gasteiger partial charge in [0.1, 0.15) is 0 Å². The number of aryl methyl sites for hydroxylation is 3. The van der Waals surface area contributed by atoms with Crippen LogP contribution < -0.4 is 5.43 Å². The molecule has 0 bridgehead atoms. The third-order valence-electron chi connectivity index (χ3n) is 4.78. The van der Waals surface area contributed by atoms with Gasteiger partial charge in [-0.15, -0.1) is 11.8 Å². The minimum absolute atomic E-state index is 0.105. The number of aromatic nitrogens is 1. The van der Waals surface area contributed by atoms with Gasteiger partial charge in [-0.25, -0.2) is 5.43 Å². The van der Waals surface area contributed by atoms with E-state index in [-0.39, 0.29) is 5.91 Å². The molecule has 0 saturated carbocycles. The van der Waals surface area contributed by atoms with Gasteiger partial charge in [0.15, 0.2) is 0 Å². The molecule has 4 nitrogen and oxygen atoms in total. The fourth-order valence-corrected chi connectivity index (χ4v) is 4.90. The summed E-state index contributed by atoms with van der Waals surface area (Å²) in [6.07, 6.45) is 1.72. The molecule has 0 aliphatic heterocycles. The molecule has 0 saturated heterocycles. The van der Waals surface area contributed by atoms with Gasteiger partial charge in [-0.2, -0.15) is 5.10 Å². The summed E-state index contributed by atoms with van der Waals surface area (Å²) in [7, 11) is 0. The van der Waals surface area contributed by atoms with E-state index in [1.165, 1.54) is 16.7 Å². The number of hydrazone groups is 1. The van der Waals surface area contributed by atoms with Crippen LogP contribution in [-0.2, 0) is 10.5 Å². The Morgan fingerprint density at radius 3 is 2.50 bits per heavy atom. The molecule has 3 aromatic rings. The molecule has 0 aliphatic carbocycles. The van der Waals surface area contributed by atoms with E-state index in [0.29, 0.717) is 5.75 Å². The number of benzene rings is 2. The second-order valence-electron chi connectivity index (χ2n) is 7.39. The SMILES string of the molecule is Cc1cc(C)cc(-n2c(C)cc(/C=N\NC(=O)CSCc3ccccc3Br)c2C)c1. The van der Waals surface area contributed by atoms with Crippen molar-refractivity contribution in [2.45, 2.75) is 33.4 Å². The number of rotatable bonds is 7. The lowest BCUT2D eigenvalue weighted by Gasteiger charge is -2.11. The minimum atomic E-state index is -0.105. The third-order valence-corrected chi connectivity index (χ3v) is 6.53. The maximum absolute atomic E-state index is 12.1. The van der Waals surface area contributed by atoms with E-state index in [9.17, 15) is 4.79 Å². The predicted molar refractivity (Wildman–Crippen MR) is 131 cm³/mol. The highest BCUT2D eigenvalue weighted by molar-refractivity contribution is 9.10. The van der Waals surface area contributed by atoms with Crippen molar-refractivity contribution >= 4 is 39.8 Å². The molecule has 2 aromatic carbocycles. The van der Waals surface area contributed by atoms with E-state index < -0.39 is 0 Å². The van der Waals surface area contributed by atoms with Gasteiger partial charge < -0.3 is 4.57 Å². The molecule has 30 heavy (non-hydrogen) atoms. The lowest BCUT2D eigenvalue weighted by Crippen LogP contribution is -2.19. The summed E-state index contributed by atoms with van der Waals surface area (Å²) in [6.45, 7) is 8.37. The topological polar surface area (TPSA) is 46.4 Å². The number of nitrogens with zero attached hydrogens (tertiary/aromatic N) is 2. The average Bonchev–Trinajstić information content (AvgIpc) is 2.96. The number of carbonyl (C=O) groups excluding carboxylic acids is 1. The van der Waals surface area contributed by atoms with Crippen LogP contribution in [-0.4, -0.2) is 22.4 Å². The van der Waals surface area contributed by atoms with Gasteiger partial charge in [-0.3, -0.25) is 4.79 Å². The van der Waals surface area contributed by atoms with E-state index in [0.717, 1.165) is 32.9 Å². The zero-order valence-electron chi connectivity index (χ0n) is 17.7. The van der Waals surface area contributed by atoms with Crippen molar-refractivity contribution < 1.29 is 4.79 Å². The first kappa shape index (κ1) is 22.4. The van der Waals surface area contributed by atoms with Crippen LogP contribution in [0.25, 0.3) is 5.69 Å². The van der Waals surface area contributed by atoms with Crippen molar-refractivity contribution in [3.8, 4) is 5.69 Å². The summed E-state index contributed by atoms with van der Waals surface area (Å²) in [5, 5.41) is 4.17. The van der Waals surface area contributed by atoms with Crippen molar-refractivity contribution in [3.05, 3.63) is 86.6 Å². The third kappa shape index (κ3) is 5.64. The van der Waals surface area contributed by atoms with Crippen molar-refractivity contribution in [3.63, 3.8) is 0 Å². The standard InChI is InChI=1S/C24H26BrN3OS/c1-16-9-17(2)11-22(10-16)28-18(3)12-21(19(28)4)13-26-27-24(29)15-30-14-20-7-5-6-8-23(20)25/h5-13H,14-15H2,1-4H3,(H,27,29)/b26-13-. The van der Waals surface area contributed by atoms with Gasteiger partial charge in [0.05, 0.1) is 12.0 Å². The first-order chi connectivity index (χ1) is 14.3. The molecule has 156 valence electrons. The highest BCUT2D eigenvalue weighted by Crippen LogP contribution is 2.22. The summed E-state index contributed by atoms with van der Waals surface area (Å²) < 4.78 is 3.28. The monoisotopic (exact) mass is 483 g/mol. The first-order valence-corrected chi connectivity index (χ1v) is 11.7. The Labute approximate surface area is 190 Å². The lowest BCUT2D eigenvalue weighted by molar-refractivity contribution is -0.118. The highest BCUT2D eigenvalue weighted by Gasteiger charge is 2.10. The lowest BCUT2D eigenvalue weighted by atomic mass is 10.1. The molecule has 0 spiro atoms. The summed E-state index contributed by atoms with van der Waals surface area (Å²) in [6, 6.07) is 16.7. The van der Waals surface area contributed by atoms with Crippen LogP contribution in [0.3, 0.4) is 0 Å². The smallest absolute Gasteiger partial charge is 0.250 e. The molecule has 6 heteroatoms. The number of hydrogen-bond donors (Lipinski definition) is 1. The normalized spacial score (nSPS) is 11.2. The molecule has 0 aliphatic rings. The van der Waals surface area contributed by atoms with Gasteiger partial charge in [-0.05, 0) is 68.7 Å². The second kappa shape index (κ2) is 10.1. The summed E-state index contributed by atoms with van der Waals surface area (Å²) >= 11 is 5.10. The first-order valence-electron chi connectivity index (χ1n) is 9.76. The minimum Gasteiger partial charge on any atom is -0.318 e. The Bertz CT molecular complexity index is 1070. The van der Waals surface area contributed by atoms with Crippen molar-refractivity contribution in [2.75, 3.05) is 5.75 Å². The Morgan fingerprint density at radius 1 is 1.10 bits per heavy atom. The molecule has 0 radical (unpaired) electrons. The van der Waals surface area contributed by atoms with Gasteiger partial charge in [0.2, 0.25) is 5.91 Å². The Balaban J connectivity index is 1.60. The predicted octanol–water partition coefficient (Wildman–Crippen LogP) is 5.86. The summed E-state index contributed by atoms with van der Waals surface area (Å²) in [5.74, 6) is 1.03. The van der Waals surface area contributed by atoms with Crippen molar-refractivity contribution in [2.24, 2.45) is 5.10 Å². The fraction of sp³-hybridized carbons (Fsp3) is 0.250. The Hall–Kier alpha value is -2.31. The van der Waals surface area contributed by atoms with E-state index in [1.54, 1.807) is 18.0 Å². The summed E-state index contributed by atoms with van der Waals surface area (Å²) in [4.78, 5) is 12.1. The van der Waals surface area contributed by atoms with Crippen LogP contribution in [0.4, 0.5) is 0 Å². The van der Waals surface area contributed by atoms with Crippen LogP contribution >= 0.6 is 27.7 Å². The summed E-state index contributed by atoms with van der Waals surface area (Å²) in [5.41, 5.74) is 10.7. The largest absolute Gasteiger partial charge is 0.318 e. The quantitative estimate of drug-likeness (QED) is 0.338. The molecule has 1 heterocycles. The van der Waals surface area contributed by atoms with E-state index in [1.807, 2.05) is 18.2 Å². The average molecular weight is 484 g/mol. The maximum atomic E-state index is 12.1. The zero-order valence-corrected chi connectivity index (χ0v) is 20.1. The van der Waals surface area contributed by atoms with Crippen LogP contribution in [0.15, 0.2) is 58.1 Å². The van der Waals surface area contributed by atoms with Gasteiger partial charge in [-0.1, -0.05) is 40.2 Å². The number of carbonyl (C=O) groups is 1. The van der Waals surface area contributed by atoms with E-state index in [4.69, 9.17) is 0 Å². The number of amides is 1. The fourth-order valence-electron chi connectivity index (χ4n) is 3.47. The molecule has 0 atom stereocenters. The van der Waals surface area contributed by atoms with Crippen LogP contribution in [0.1, 0.15) is 33.6 Å². The highest BCUT2D eigenvalue weighted by atomic mass is 79.9. The Morgan fingerprint density at radius 2 is 1.80 bits per heavy atom. The van der Waals surface area contributed by atoms with Crippen molar-refractivity contribution in [1.82, 2.24) is 9.99 Å². The molecular weight excluding hydrogens is 458 g/mol. The van der Waals surface area contributed by atoms with Gasteiger partial charge in [0, 0.05) is 32.9 Å². The van der Waals surface area contributed by atoms with Crippen LogP contribution in [0.5, 0.6) is 0 Å². The van der Waals surface area contributed by atoms with E-state index >= 15 is 0 Å².